The standard InChI is InChI=1S/C7H6N2/c1-2-4-7-6(3-1)5-8-9-7/h1-6H/t6-/m1/s1. The Morgan fingerprint density at radius 1 is 1.33 bits per heavy atom. The molecule has 2 nitrogen and oxygen atoms in total. The van der Waals surface area contributed by atoms with Gasteiger partial charge >= 0.3 is 0 Å². The van der Waals surface area contributed by atoms with Gasteiger partial charge in [0.25, 0.3) is 0 Å². The molecule has 1 heterocycles. The van der Waals surface area contributed by atoms with Crippen molar-refractivity contribution in [1.82, 2.24) is 0 Å². The highest BCUT2D eigenvalue weighted by atomic mass is 15.2. The van der Waals surface area contributed by atoms with E-state index in [1.165, 1.54) is 0 Å². The van der Waals surface area contributed by atoms with Crippen molar-refractivity contribution in [1.29, 1.82) is 0 Å². The normalized spacial score (nSPS) is 28.4. The van der Waals surface area contributed by atoms with Crippen LogP contribution in [0.15, 0.2) is 34.5 Å². The minimum absolute atomic E-state index is 0.356. The van der Waals surface area contributed by atoms with Crippen LogP contribution in [0.25, 0.3) is 0 Å². The Balaban J connectivity index is 2.40. The molecule has 9 heavy (non-hydrogen) atoms. The van der Waals surface area contributed by atoms with Gasteiger partial charge < -0.3 is 0 Å². The van der Waals surface area contributed by atoms with Gasteiger partial charge in [-0.2, -0.15) is 10.2 Å². The lowest BCUT2D eigenvalue weighted by Crippen LogP contribution is -2.08. The summed E-state index contributed by atoms with van der Waals surface area (Å²) < 4.78 is 0. The predicted molar refractivity (Wildman–Crippen MR) is 37.7 cm³/mol. The molecule has 1 aliphatic heterocycles. The Morgan fingerprint density at radius 3 is 3.22 bits per heavy atom. The van der Waals surface area contributed by atoms with Crippen LogP contribution in [0, 0.1) is 5.92 Å². The van der Waals surface area contributed by atoms with E-state index in [4.69, 9.17) is 0 Å². The summed E-state index contributed by atoms with van der Waals surface area (Å²) in [6.07, 6.45) is 9.90. The van der Waals surface area contributed by atoms with Crippen LogP contribution in [0.5, 0.6) is 0 Å². The first-order valence-electron chi connectivity index (χ1n) is 2.93. The van der Waals surface area contributed by atoms with Crippen molar-refractivity contribution < 1.29 is 0 Å². The fourth-order valence-corrected chi connectivity index (χ4v) is 0.946. The largest absolute Gasteiger partial charge is 0.162 e. The molecule has 0 fully saturated rings. The molecular weight excluding hydrogens is 112 g/mol. The molecular formula is C7H6N2. The van der Waals surface area contributed by atoms with Crippen LogP contribution < -0.4 is 0 Å². The molecule has 1 atom stereocenters. The number of rotatable bonds is 0. The molecule has 0 aromatic carbocycles. The number of nitrogens with zero attached hydrogens (tertiary/aromatic N) is 2. The quantitative estimate of drug-likeness (QED) is 0.456. The summed E-state index contributed by atoms with van der Waals surface area (Å²) >= 11 is 0. The summed E-state index contributed by atoms with van der Waals surface area (Å²) in [6.45, 7) is 0. The van der Waals surface area contributed by atoms with E-state index in [2.05, 4.69) is 16.3 Å². The van der Waals surface area contributed by atoms with Crippen LogP contribution in [-0.4, -0.2) is 11.9 Å². The molecule has 1 aliphatic carbocycles. The Labute approximate surface area is 53.3 Å². The van der Waals surface area contributed by atoms with Crippen molar-refractivity contribution in [2.24, 2.45) is 16.1 Å². The zero-order valence-electron chi connectivity index (χ0n) is 4.86. The Bertz CT molecular complexity index is 233. The molecule has 2 rings (SSSR count). The Kier molecular flexibility index (Phi) is 0.859. The second-order valence-corrected chi connectivity index (χ2v) is 2.06. The summed E-state index contributed by atoms with van der Waals surface area (Å²) in [5.41, 5.74) is 1.05. The first-order chi connectivity index (χ1) is 4.47. The molecule has 44 valence electrons. The SMILES string of the molecule is C1=CC2=NN=C[C@H]2C=C1. The minimum atomic E-state index is 0.356. The van der Waals surface area contributed by atoms with Crippen molar-refractivity contribution in [3.05, 3.63) is 24.3 Å². The lowest BCUT2D eigenvalue weighted by Gasteiger charge is -2.01. The summed E-state index contributed by atoms with van der Waals surface area (Å²) in [4.78, 5) is 0. The van der Waals surface area contributed by atoms with Gasteiger partial charge in [-0.15, -0.1) is 0 Å². The van der Waals surface area contributed by atoms with Crippen LogP contribution in [0.1, 0.15) is 0 Å². The van der Waals surface area contributed by atoms with E-state index < -0.39 is 0 Å². The molecule has 0 N–H and O–H groups in total. The van der Waals surface area contributed by atoms with Crippen molar-refractivity contribution >= 4 is 11.9 Å². The molecule has 0 amide bonds. The monoisotopic (exact) mass is 118 g/mol. The third kappa shape index (κ3) is 0.633. The summed E-state index contributed by atoms with van der Waals surface area (Å²) in [6, 6.07) is 0. The highest BCUT2D eigenvalue weighted by Crippen LogP contribution is 2.11. The van der Waals surface area contributed by atoms with E-state index in [0.29, 0.717) is 5.92 Å². The molecule has 0 radical (unpaired) electrons. The van der Waals surface area contributed by atoms with Crippen molar-refractivity contribution in [3.63, 3.8) is 0 Å². The second-order valence-electron chi connectivity index (χ2n) is 2.06. The maximum atomic E-state index is 3.91. The molecule has 0 saturated heterocycles. The van der Waals surface area contributed by atoms with Gasteiger partial charge in [0.15, 0.2) is 0 Å². The fraction of sp³-hybridized carbons (Fsp3) is 0.143. The zero-order valence-corrected chi connectivity index (χ0v) is 4.86. The van der Waals surface area contributed by atoms with Crippen LogP contribution in [0.2, 0.25) is 0 Å². The topological polar surface area (TPSA) is 24.7 Å². The minimum Gasteiger partial charge on any atom is -0.162 e. The lowest BCUT2D eigenvalue weighted by atomic mass is 10.0. The molecule has 0 saturated carbocycles. The fourth-order valence-electron chi connectivity index (χ4n) is 0.946. The van der Waals surface area contributed by atoms with E-state index in [-0.39, 0.29) is 0 Å². The van der Waals surface area contributed by atoms with Crippen molar-refractivity contribution in [3.8, 4) is 0 Å². The molecule has 2 aliphatic rings. The Morgan fingerprint density at radius 2 is 2.33 bits per heavy atom. The highest BCUT2D eigenvalue weighted by molar-refractivity contribution is 6.10. The van der Waals surface area contributed by atoms with E-state index in [9.17, 15) is 0 Å². The third-order valence-electron chi connectivity index (χ3n) is 1.44. The Hall–Kier alpha value is -1.18. The van der Waals surface area contributed by atoms with Gasteiger partial charge in [0.2, 0.25) is 0 Å². The maximum absolute atomic E-state index is 3.91. The number of hydrogen-bond donors (Lipinski definition) is 0. The van der Waals surface area contributed by atoms with Crippen LogP contribution >= 0.6 is 0 Å². The molecule has 0 aromatic rings. The zero-order chi connectivity index (χ0) is 6.10. The second kappa shape index (κ2) is 1.65. The van der Waals surface area contributed by atoms with Crippen LogP contribution in [0.4, 0.5) is 0 Å². The van der Waals surface area contributed by atoms with Gasteiger partial charge in [-0.3, -0.25) is 0 Å². The first kappa shape index (κ1) is 4.68. The predicted octanol–water partition coefficient (Wildman–Crippen LogP) is 1.17. The molecule has 0 spiro atoms. The van der Waals surface area contributed by atoms with E-state index in [1.54, 1.807) is 0 Å². The van der Waals surface area contributed by atoms with Crippen molar-refractivity contribution in [2.75, 3.05) is 0 Å². The summed E-state index contributed by atoms with van der Waals surface area (Å²) in [7, 11) is 0. The molecule has 0 bridgehead atoms. The molecule has 0 unspecified atom stereocenters. The lowest BCUT2D eigenvalue weighted by molar-refractivity contribution is 1.26. The van der Waals surface area contributed by atoms with Gasteiger partial charge in [0, 0.05) is 6.21 Å². The van der Waals surface area contributed by atoms with E-state index in [0.717, 1.165) is 5.71 Å². The van der Waals surface area contributed by atoms with Gasteiger partial charge in [-0.1, -0.05) is 18.2 Å². The average Bonchev–Trinajstić information content (AvgIpc) is 2.33. The van der Waals surface area contributed by atoms with Crippen molar-refractivity contribution in [2.45, 2.75) is 0 Å². The maximum Gasteiger partial charge on any atom is 0.0753 e. The van der Waals surface area contributed by atoms with Gasteiger partial charge in [0.1, 0.15) is 0 Å². The van der Waals surface area contributed by atoms with Gasteiger partial charge in [0.05, 0.1) is 11.6 Å². The third-order valence-corrected chi connectivity index (χ3v) is 1.44. The first-order valence-corrected chi connectivity index (χ1v) is 2.93. The number of allylic oxidation sites excluding steroid dienone is 4. The number of fused-ring (bicyclic) bond motifs is 1. The van der Waals surface area contributed by atoms with Gasteiger partial charge in [-0.05, 0) is 6.08 Å². The summed E-state index contributed by atoms with van der Waals surface area (Å²) in [5, 5.41) is 7.69. The van der Waals surface area contributed by atoms with E-state index in [1.807, 2.05) is 24.4 Å². The molecule has 2 heteroatoms. The van der Waals surface area contributed by atoms with Gasteiger partial charge in [-0.25, -0.2) is 0 Å². The highest BCUT2D eigenvalue weighted by Gasteiger charge is 2.13. The average molecular weight is 118 g/mol. The van der Waals surface area contributed by atoms with E-state index >= 15 is 0 Å². The number of hydrogen-bond acceptors (Lipinski definition) is 2. The van der Waals surface area contributed by atoms with Crippen LogP contribution in [0.3, 0.4) is 0 Å². The van der Waals surface area contributed by atoms with Crippen LogP contribution in [-0.2, 0) is 0 Å². The summed E-state index contributed by atoms with van der Waals surface area (Å²) in [5.74, 6) is 0.356. The smallest absolute Gasteiger partial charge is 0.0753 e. The molecule has 0 aromatic heterocycles.